The van der Waals surface area contributed by atoms with E-state index in [0.29, 0.717) is 6.54 Å². The lowest BCUT2D eigenvalue weighted by Crippen LogP contribution is -3.12. The van der Waals surface area contributed by atoms with Crippen LogP contribution in [0.1, 0.15) is 18.1 Å². The third-order valence-corrected chi connectivity index (χ3v) is 4.37. The van der Waals surface area contributed by atoms with Gasteiger partial charge in [-0.25, -0.2) is 0 Å². The molecule has 0 aliphatic carbocycles. The number of carbonyl (C=O) groups is 1. The number of carbonyl (C=O) groups excluding carboxylic acids is 1. The van der Waals surface area contributed by atoms with Crippen LogP contribution in [-0.2, 0) is 17.9 Å². The highest BCUT2D eigenvalue weighted by molar-refractivity contribution is 6.30. The maximum Gasteiger partial charge on any atom is 0.278 e. The van der Waals surface area contributed by atoms with E-state index in [1.807, 2.05) is 62.5 Å². The molecular formula is C19H24ClN2O2+. The summed E-state index contributed by atoms with van der Waals surface area (Å²) in [6.07, 6.45) is 0. The molecule has 128 valence electrons. The Bertz CT molecular complexity index is 673. The smallest absolute Gasteiger partial charge is 0.278 e. The van der Waals surface area contributed by atoms with Gasteiger partial charge in [-0.05, 0) is 36.8 Å². The number of ether oxygens (including phenoxy) is 1. The minimum Gasteiger partial charge on any atom is -0.497 e. The van der Waals surface area contributed by atoms with Crippen molar-refractivity contribution in [3.05, 3.63) is 64.7 Å². The van der Waals surface area contributed by atoms with E-state index < -0.39 is 0 Å². The molecule has 2 atom stereocenters. The third-order valence-electron chi connectivity index (χ3n) is 4.13. The van der Waals surface area contributed by atoms with Crippen molar-refractivity contribution in [1.82, 2.24) is 5.32 Å². The van der Waals surface area contributed by atoms with Crippen molar-refractivity contribution in [3.8, 4) is 5.75 Å². The van der Waals surface area contributed by atoms with Gasteiger partial charge in [0.15, 0.2) is 6.04 Å². The number of halogens is 1. The van der Waals surface area contributed by atoms with Crippen LogP contribution in [0.4, 0.5) is 0 Å². The van der Waals surface area contributed by atoms with Crippen LogP contribution in [0.3, 0.4) is 0 Å². The number of amides is 1. The van der Waals surface area contributed by atoms with Crippen LogP contribution < -0.4 is 15.0 Å². The van der Waals surface area contributed by atoms with Crippen molar-refractivity contribution in [3.63, 3.8) is 0 Å². The zero-order valence-electron chi connectivity index (χ0n) is 14.3. The fourth-order valence-corrected chi connectivity index (χ4v) is 2.64. The monoisotopic (exact) mass is 347 g/mol. The maximum atomic E-state index is 12.4. The minimum absolute atomic E-state index is 0.0327. The molecule has 24 heavy (non-hydrogen) atoms. The molecule has 2 aromatic rings. The first-order chi connectivity index (χ1) is 11.5. The first-order valence-corrected chi connectivity index (χ1v) is 8.35. The van der Waals surface area contributed by atoms with Gasteiger partial charge in [-0.2, -0.15) is 0 Å². The molecule has 2 aromatic carbocycles. The first kappa shape index (κ1) is 18.3. The lowest BCUT2D eigenvalue weighted by Gasteiger charge is -2.21. The van der Waals surface area contributed by atoms with E-state index in [9.17, 15) is 4.79 Å². The van der Waals surface area contributed by atoms with Gasteiger partial charge in [0.2, 0.25) is 0 Å². The van der Waals surface area contributed by atoms with Crippen LogP contribution in [0, 0.1) is 0 Å². The predicted molar refractivity (Wildman–Crippen MR) is 96.3 cm³/mol. The van der Waals surface area contributed by atoms with Gasteiger partial charge in [-0.15, -0.1) is 0 Å². The Labute approximate surface area is 148 Å². The molecule has 2 rings (SSSR count). The molecule has 0 spiro atoms. The Hall–Kier alpha value is -2.04. The van der Waals surface area contributed by atoms with E-state index in [0.717, 1.165) is 33.3 Å². The molecule has 0 fully saturated rings. The summed E-state index contributed by atoms with van der Waals surface area (Å²) >= 11 is 6.01. The zero-order valence-corrected chi connectivity index (χ0v) is 15.1. The van der Waals surface area contributed by atoms with Gasteiger partial charge in [-0.3, -0.25) is 4.79 Å². The van der Waals surface area contributed by atoms with E-state index in [4.69, 9.17) is 16.3 Å². The van der Waals surface area contributed by atoms with Crippen molar-refractivity contribution in [2.24, 2.45) is 0 Å². The average molecular weight is 348 g/mol. The Morgan fingerprint density at radius 2 is 1.92 bits per heavy atom. The number of nitrogens with one attached hydrogen (secondary N) is 2. The Kier molecular flexibility index (Phi) is 6.64. The van der Waals surface area contributed by atoms with E-state index in [1.54, 1.807) is 7.11 Å². The summed E-state index contributed by atoms with van der Waals surface area (Å²) in [4.78, 5) is 13.5. The molecule has 0 aromatic heterocycles. The second kappa shape index (κ2) is 8.71. The number of hydrogen-bond donors (Lipinski definition) is 2. The van der Waals surface area contributed by atoms with E-state index in [1.165, 1.54) is 0 Å². The van der Waals surface area contributed by atoms with Crippen LogP contribution in [-0.4, -0.2) is 26.1 Å². The van der Waals surface area contributed by atoms with E-state index in [2.05, 4.69) is 5.32 Å². The molecule has 5 heteroatoms. The Morgan fingerprint density at radius 3 is 2.54 bits per heavy atom. The van der Waals surface area contributed by atoms with Crippen LogP contribution in [0.2, 0.25) is 5.02 Å². The fraction of sp³-hybridized carbons (Fsp3) is 0.316. The lowest BCUT2D eigenvalue weighted by atomic mass is 10.1. The highest BCUT2D eigenvalue weighted by Gasteiger charge is 2.21. The standard InChI is InChI=1S/C19H23ClN2O2/c1-14(22(2)13-16-5-4-6-17(20)11-16)19(23)21-12-15-7-9-18(24-3)10-8-15/h4-11,14H,12-13H2,1-3H3,(H,21,23)/p+1/t14-/m0/s1. The molecule has 0 radical (unpaired) electrons. The highest BCUT2D eigenvalue weighted by Crippen LogP contribution is 2.11. The second-order valence-corrected chi connectivity index (χ2v) is 6.38. The molecule has 0 aliphatic rings. The zero-order chi connectivity index (χ0) is 17.5. The SMILES string of the molecule is COc1ccc(CNC(=O)[C@H](C)[NH+](C)Cc2cccc(Cl)c2)cc1. The van der Waals surface area contributed by atoms with E-state index >= 15 is 0 Å². The van der Waals surface area contributed by atoms with Crippen molar-refractivity contribution >= 4 is 17.5 Å². The molecule has 1 unspecified atom stereocenters. The van der Waals surface area contributed by atoms with Gasteiger partial charge in [0.25, 0.3) is 5.91 Å². The molecule has 0 saturated heterocycles. The van der Waals surface area contributed by atoms with Crippen LogP contribution in [0.15, 0.2) is 48.5 Å². The molecule has 1 amide bonds. The number of benzene rings is 2. The molecule has 0 saturated carbocycles. The third kappa shape index (κ3) is 5.25. The second-order valence-electron chi connectivity index (χ2n) is 5.94. The van der Waals surface area contributed by atoms with Gasteiger partial charge >= 0.3 is 0 Å². The summed E-state index contributed by atoms with van der Waals surface area (Å²) in [6, 6.07) is 15.3. The number of rotatable bonds is 7. The number of hydrogen-bond acceptors (Lipinski definition) is 2. The van der Waals surface area contributed by atoms with Gasteiger partial charge in [-0.1, -0.05) is 35.9 Å². The van der Waals surface area contributed by atoms with Crippen LogP contribution in [0.25, 0.3) is 0 Å². The quantitative estimate of drug-likeness (QED) is 0.805. The molecule has 2 N–H and O–H groups in total. The van der Waals surface area contributed by atoms with Crippen molar-refractivity contribution in [2.75, 3.05) is 14.2 Å². The highest BCUT2D eigenvalue weighted by atomic mass is 35.5. The average Bonchev–Trinajstić information content (AvgIpc) is 2.59. The van der Waals surface area contributed by atoms with E-state index in [-0.39, 0.29) is 11.9 Å². The van der Waals surface area contributed by atoms with Gasteiger partial charge in [0, 0.05) is 17.1 Å². The number of methoxy groups -OCH3 is 1. The van der Waals surface area contributed by atoms with Crippen LogP contribution >= 0.6 is 11.6 Å². The van der Waals surface area contributed by atoms with Crippen molar-refractivity contribution < 1.29 is 14.4 Å². The van der Waals surface area contributed by atoms with Crippen molar-refractivity contribution in [2.45, 2.75) is 26.1 Å². The summed E-state index contributed by atoms with van der Waals surface area (Å²) in [5.41, 5.74) is 2.17. The Balaban J connectivity index is 1.86. The largest absolute Gasteiger partial charge is 0.497 e. The summed E-state index contributed by atoms with van der Waals surface area (Å²) in [7, 11) is 3.65. The predicted octanol–water partition coefficient (Wildman–Crippen LogP) is 2.07. The molecule has 4 nitrogen and oxygen atoms in total. The fourth-order valence-electron chi connectivity index (χ4n) is 2.43. The lowest BCUT2D eigenvalue weighted by molar-refractivity contribution is -0.908. The molecule has 0 bridgehead atoms. The summed E-state index contributed by atoms with van der Waals surface area (Å²) in [5.74, 6) is 0.842. The summed E-state index contributed by atoms with van der Waals surface area (Å²) in [6.45, 7) is 3.19. The number of likely N-dealkylation sites (N-methyl/N-ethyl adjacent to an activating group) is 1. The number of quaternary nitrogens is 1. The normalized spacial score (nSPS) is 13.2. The van der Waals surface area contributed by atoms with Crippen molar-refractivity contribution in [1.29, 1.82) is 0 Å². The first-order valence-electron chi connectivity index (χ1n) is 7.97. The van der Waals surface area contributed by atoms with Gasteiger partial charge < -0.3 is 15.0 Å². The molecule has 0 heterocycles. The summed E-state index contributed by atoms with van der Waals surface area (Å²) in [5, 5.41) is 3.71. The topological polar surface area (TPSA) is 42.8 Å². The van der Waals surface area contributed by atoms with Gasteiger partial charge in [0.1, 0.15) is 12.3 Å². The molecule has 0 aliphatic heterocycles. The minimum atomic E-state index is -0.151. The van der Waals surface area contributed by atoms with Crippen LogP contribution in [0.5, 0.6) is 5.75 Å². The molecular weight excluding hydrogens is 324 g/mol. The summed E-state index contributed by atoms with van der Waals surface area (Å²) < 4.78 is 5.13. The Morgan fingerprint density at radius 1 is 1.21 bits per heavy atom. The maximum absolute atomic E-state index is 12.4. The van der Waals surface area contributed by atoms with Gasteiger partial charge in [0.05, 0.1) is 14.2 Å².